The van der Waals surface area contributed by atoms with Crippen molar-refractivity contribution in [1.29, 1.82) is 0 Å². The number of primary amides is 1. The van der Waals surface area contributed by atoms with Crippen LogP contribution in [0.3, 0.4) is 0 Å². The van der Waals surface area contributed by atoms with Crippen LogP contribution >= 0.6 is 11.6 Å². The van der Waals surface area contributed by atoms with Crippen molar-refractivity contribution in [3.63, 3.8) is 0 Å². The van der Waals surface area contributed by atoms with Gasteiger partial charge in [0.15, 0.2) is 0 Å². The van der Waals surface area contributed by atoms with Crippen molar-refractivity contribution in [3.8, 4) is 0 Å². The molecule has 0 radical (unpaired) electrons. The number of carbonyl (C=O) groups excluding carboxylic acids is 3. The van der Waals surface area contributed by atoms with Gasteiger partial charge in [-0.2, -0.15) is 0 Å². The van der Waals surface area contributed by atoms with Gasteiger partial charge in [0.2, 0.25) is 11.8 Å². The maximum atomic E-state index is 11.2. The predicted molar refractivity (Wildman–Crippen MR) is 62.8 cm³/mol. The van der Waals surface area contributed by atoms with E-state index < -0.39 is 17.8 Å². The van der Waals surface area contributed by atoms with E-state index in [9.17, 15) is 14.4 Å². The summed E-state index contributed by atoms with van der Waals surface area (Å²) < 4.78 is 0. The smallest absolute Gasteiger partial charge is 0.325 e. The van der Waals surface area contributed by atoms with Crippen molar-refractivity contribution < 1.29 is 14.4 Å². The molecule has 0 saturated heterocycles. The van der Waals surface area contributed by atoms with Gasteiger partial charge in [-0.3, -0.25) is 14.9 Å². The zero-order valence-corrected chi connectivity index (χ0v) is 9.45. The van der Waals surface area contributed by atoms with Crippen LogP contribution in [-0.2, 0) is 4.79 Å². The monoisotopic (exact) mass is 255 g/mol. The average Bonchev–Trinajstić information content (AvgIpc) is 2.28. The molecule has 4 amide bonds. The first-order chi connectivity index (χ1) is 8.02. The summed E-state index contributed by atoms with van der Waals surface area (Å²) in [6.07, 6.45) is 0. The molecule has 0 bridgehead atoms. The minimum absolute atomic E-state index is 0.256. The minimum atomic E-state index is -0.725. The van der Waals surface area contributed by atoms with Gasteiger partial charge in [0.05, 0.1) is 0 Å². The fourth-order valence-electron chi connectivity index (χ4n) is 1.07. The summed E-state index contributed by atoms with van der Waals surface area (Å²) in [6.45, 7) is 0. The lowest BCUT2D eigenvalue weighted by Gasteiger charge is -2.06. The van der Waals surface area contributed by atoms with E-state index in [1.165, 1.54) is 12.1 Å². The number of rotatable bonds is 3. The molecule has 1 aromatic rings. The summed E-state index contributed by atoms with van der Waals surface area (Å²) >= 11 is 5.21. The zero-order chi connectivity index (χ0) is 12.8. The van der Waals surface area contributed by atoms with E-state index in [1.807, 2.05) is 5.32 Å². The second-order valence-corrected chi connectivity index (χ2v) is 3.35. The number of benzene rings is 1. The number of urea groups is 1. The molecule has 1 rings (SSSR count). The molecule has 7 heteroatoms. The van der Waals surface area contributed by atoms with Crippen molar-refractivity contribution in [2.45, 2.75) is 0 Å². The molecule has 0 heterocycles. The van der Waals surface area contributed by atoms with E-state index in [1.54, 1.807) is 12.1 Å². The predicted octanol–water partition coefficient (Wildman–Crippen LogP) is 0.672. The van der Waals surface area contributed by atoms with Gasteiger partial charge in [0.1, 0.15) is 5.88 Å². The number of hydrogen-bond donors (Lipinski definition) is 3. The fourth-order valence-corrected chi connectivity index (χ4v) is 1.14. The summed E-state index contributed by atoms with van der Waals surface area (Å²) in [5.74, 6) is -1.53. The largest absolute Gasteiger partial charge is 0.366 e. The molecule has 0 fully saturated rings. The van der Waals surface area contributed by atoms with Gasteiger partial charge in [0, 0.05) is 11.3 Å². The highest BCUT2D eigenvalue weighted by Crippen LogP contribution is 2.09. The third-order valence-corrected chi connectivity index (χ3v) is 2.02. The molecule has 90 valence electrons. The Bertz CT molecular complexity index is 462. The van der Waals surface area contributed by atoms with E-state index in [0.29, 0.717) is 5.69 Å². The molecule has 0 aliphatic heterocycles. The Morgan fingerprint density at radius 3 is 2.59 bits per heavy atom. The first-order valence-corrected chi connectivity index (χ1v) is 5.13. The average molecular weight is 256 g/mol. The van der Waals surface area contributed by atoms with Crippen LogP contribution in [0.2, 0.25) is 0 Å². The number of halogens is 1. The van der Waals surface area contributed by atoms with Crippen molar-refractivity contribution in [2.75, 3.05) is 11.2 Å². The lowest BCUT2D eigenvalue weighted by molar-refractivity contribution is -0.117. The van der Waals surface area contributed by atoms with E-state index in [-0.39, 0.29) is 11.4 Å². The van der Waals surface area contributed by atoms with Crippen LogP contribution in [0.1, 0.15) is 10.4 Å². The van der Waals surface area contributed by atoms with Crippen LogP contribution in [0.4, 0.5) is 10.5 Å². The molecular formula is C10H10ClN3O3. The lowest BCUT2D eigenvalue weighted by Crippen LogP contribution is -2.35. The van der Waals surface area contributed by atoms with Crippen LogP contribution in [-0.4, -0.2) is 23.7 Å². The van der Waals surface area contributed by atoms with Gasteiger partial charge in [-0.15, -0.1) is 11.6 Å². The van der Waals surface area contributed by atoms with Crippen LogP contribution in [0, 0.1) is 0 Å². The maximum absolute atomic E-state index is 11.2. The molecule has 0 aliphatic rings. The standard InChI is InChI=1S/C10H10ClN3O3/c11-5-8(15)14-10(17)13-7-3-1-2-6(4-7)9(12)16/h1-4H,5H2,(H2,12,16)(H2,13,14,15,17). The number of nitrogens with one attached hydrogen (secondary N) is 2. The van der Waals surface area contributed by atoms with Gasteiger partial charge < -0.3 is 11.1 Å². The number of hydrogen-bond acceptors (Lipinski definition) is 3. The molecule has 6 nitrogen and oxygen atoms in total. The molecule has 1 aromatic carbocycles. The molecule has 4 N–H and O–H groups in total. The van der Waals surface area contributed by atoms with Crippen molar-refractivity contribution >= 4 is 35.1 Å². The van der Waals surface area contributed by atoms with Crippen molar-refractivity contribution in [1.82, 2.24) is 5.32 Å². The van der Waals surface area contributed by atoms with Gasteiger partial charge in [0.25, 0.3) is 0 Å². The molecule has 0 saturated carbocycles. The second kappa shape index (κ2) is 5.86. The number of anilines is 1. The highest BCUT2D eigenvalue weighted by Gasteiger charge is 2.07. The summed E-state index contributed by atoms with van der Waals surface area (Å²) in [6, 6.07) is 5.29. The lowest BCUT2D eigenvalue weighted by atomic mass is 10.2. The number of carbonyl (C=O) groups is 3. The second-order valence-electron chi connectivity index (χ2n) is 3.08. The quantitative estimate of drug-likeness (QED) is 0.692. The third-order valence-electron chi connectivity index (χ3n) is 1.78. The number of alkyl halides is 1. The Morgan fingerprint density at radius 1 is 1.29 bits per heavy atom. The normalized spacial score (nSPS) is 9.47. The van der Waals surface area contributed by atoms with E-state index in [2.05, 4.69) is 5.32 Å². The van der Waals surface area contributed by atoms with Crippen LogP contribution in [0.15, 0.2) is 24.3 Å². The van der Waals surface area contributed by atoms with E-state index >= 15 is 0 Å². The molecule has 0 unspecified atom stereocenters. The van der Waals surface area contributed by atoms with Crippen LogP contribution in [0.25, 0.3) is 0 Å². The topological polar surface area (TPSA) is 101 Å². The summed E-state index contributed by atoms with van der Waals surface area (Å²) in [7, 11) is 0. The molecule has 0 aromatic heterocycles. The Hall–Kier alpha value is -2.08. The first kappa shape index (κ1) is 13.0. The van der Waals surface area contributed by atoms with Gasteiger partial charge in [-0.05, 0) is 18.2 Å². The Morgan fingerprint density at radius 2 is 2.00 bits per heavy atom. The van der Waals surface area contributed by atoms with E-state index in [4.69, 9.17) is 17.3 Å². The number of amides is 4. The molecule has 0 spiro atoms. The molecule has 17 heavy (non-hydrogen) atoms. The summed E-state index contributed by atoms with van der Waals surface area (Å²) in [5, 5.41) is 4.35. The SMILES string of the molecule is NC(=O)c1cccc(NC(=O)NC(=O)CCl)c1. The first-order valence-electron chi connectivity index (χ1n) is 4.59. The zero-order valence-electron chi connectivity index (χ0n) is 8.70. The van der Waals surface area contributed by atoms with Crippen LogP contribution < -0.4 is 16.4 Å². The van der Waals surface area contributed by atoms with Crippen LogP contribution in [0.5, 0.6) is 0 Å². The van der Waals surface area contributed by atoms with E-state index in [0.717, 1.165) is 0 Å². The summed E-state index contributed by atoms with van der Waals surface area (Å²) in [4.78, 5) is 32.9. The minimum Gasteiger partial charge on any atom is -0.366 e. The molecule has 0 aliphatic carbocycles. The maximum Gasteiger partial charge on any atom is 0.325 e. The van der Waals surface area contributed by atoms with Gasteiger partial charge in [-0.1, -0.05) is 6.07 Å². The van der Waals surface area contributed by atoms with Gasteiger partial charge in [-0.25, -0.2) is 4.79 Å². The number of imide groups is 1. The fraction of sp³-hybridized carbons (Fsp3) is 0.100. The van der Waals surface area contributed by atoms with Crippen molar-refractivity contribution in [3.05, 3.63) is 29.8 Å². The Kier molecular flexibility index (Phi) is 4.47. The highest BCUT2D eigenvalue weighted by atomic mass is 35.5. The molecular weight excluding hydrogens is 246 g/mol. The Balaban J connectivity index is 2.68. The molecule has 0 atom stereocenters. The third kappa shape index (κ3) is 4.12. The Labute approximate surface area is 102 Å². The van der Waals surface area contributed by atoms with Crippen molar-refractivity contribution in [2.24, 2.45) is 5.73 Å². The highest BCUT2D eigenvalue weighted by molar-refractivity contribution is 6.28. The summed E-state index contributed by atoms with van der Waals surface area (Å²) in [5.41, 5.74) is 5.68. The van der Waals surface area contributed by atoms with Gasteiger partial charge >= 0.3 is 6.03 Å². The number of nitrogens with two attached hydrogens (primary N) is 1.